The van der Waals surface area contributed by atoms with E-state index in [0.717, 1.165) is 30.2 Å². The monoisotopic (exact) mass is 251 g/mol. The molecule has 0 unspecified atom stereocenters. The molecule has 1 aromatic carbocycles. The van der Waals surface area contributed by atoms with Crippen molar-refractivity contribution in [2.75, 3.05) is 13.7 Å². The molecule has 1 rings (SSSR count). The minimum atomic E-state index is 0.183. The molecular formula is C15H25NO2. The summed E-state index contributed by atoms with van der Waals surface area (Å²) in [6, 6.07) is 5.94. The van der Waals surface area contributed by atoms with Crippen molar-refractivity contribution in [2.45, 2.75) is 40.3 Å². The average Bonchev–Trinajstić information content (AvgIpc) is 2.30. The lowest BCUT2D eigenvalue weighted by atomic mass is 10.1. The second kappa shape index (κ2) is 7.27. The topological polar surface area (TPSA) is 30.5 Å². The smallest absolute Gasteiger partial charge is 0.124 e. The largest absolute Gasteiger partial charge is 0.497 e. The van der Waals surface area contributed by atoms with Crippen LogP contribution in [-0.4, -0.2) is 19.8 Å². The van der Waals surface area contributed by atoms with Crippen LogP contribution < -0.4 is 14.8 Å². The Hall–Kier alpha value is -1.22. The van der Waals surface area contributed by atoms with Crippen LogP contribution in [0.4, 0.5) is 0 Å². The van der Waals surface area contributed by atoms with Gasteiger partial charge >= 0.3 is 0 Å². The van der Waals surface area contributed by atoms with Crippen molar-refractivity contribution in [1.82, 2.24) is 5.32 Å². The molecule has 0 atom stereocenters. The van der Waals surface area contributed by atoms with Gasteiger partial charge in [0.15, 0.2) is 0 Å². The maximum Gasteiger partial charge on any atom is 0.124 e. The van der Waals surface area contributed by atoms with Crippen LogP contribution in [0.1, 0.15) is 33.3 Å². The van der Waals surface area contributed by atoms with Gasteiger partial charge in [-0.2, -0.15) is 0 Å². The average molecular weight is 251 g/mol. The molecule has 0 aliphatic carbocycles. The molecule has 1 N–H and O–H groups in total. The third kappa shape index (κ3) is 4.96. The lowest BCUT2D eigenvalue weighted by molar-refractivity contribution is 0.239. The zero-order valence-corrected chi connectivity index (χ0v) is 12.1. The summed E-state index contributed by atoms with van der Waals surface area (Å²) in [5.74, 6) is 2.44. The van der Waals surface area contributed by atoms with E-state index in [9.17, 15) is 0 Å². The van der Waals surface area contributed by atoms with Crippen molar-refractivity contribution in [3.8, 4) is 11.5 Å². The minimum Gasteiger partial charge on any atom is -0.497 e. The van der Waals surface area contributed by atoms with Crippen LogP contribution in [-0.2, 0) is 6.54 Å². The van der Waals surface area contributed by atoms with Gasteiger partial charge in [0, 0.05) is 12.1 Å². The number of ether oxygens (including phenoxy) is 2. The van der Waals surface area contributed by atoms with E-state index in [1.54, 1.807) is 7.11 Å². The van der Waals surface area contributed by atoms with Crippen LogP contribution in [0, 0.1) is 5.92 Å². The van der Waals surface area contributed by atoms with E-state index in [-0.39, 0.29) is 6.10 Å². The molecule has 3 nitrogen and oxygen atoms in total. The fraction of sp³-hybridized carbons (Fsp3) is 0.600. The van der Waals surface area contributed by atoms with Gasteiger partial charge in [0.05, 0.1) is 13.2 Å². The van der Waals surface area contributed by atoms with Crippen LogP contribution in [0.3, 0.4) is 0 Å². The third-order valence-corrected chi connectivity index (χ3v) is 2.50. The first-order valence-electron chi connectivity index (χ1n) is 6.57. The fourth-order valence-corrected chi connectivity index (χ4v) is 1.69. The van der Waals surface area contributed by atoms with Crippen molar-refractivity contribution in [2.24, 2.45) is 5.92 Å². The quantitative estimate of drug-likeness (QED) is 0.807. The van der Waals surface area contributed by atoms with Gasteiger partial charge in [0.1, 0.15) is 11.5 Å². The van der Waals surface area contributed by atoms with Gasteiger partial charge < -0.3 is 14.8 Å². The molecule has 0 spiro atoms. The first-order chi connectivity index (χ1) is 8.52. The molecule has 0 aliphatic rings. The maximum absolute atomic E-state index is 5.81. The van der Waals surface area contributed by atoms with Crippen molar-refractivity contribution in [3.63, 3.8) is 0 Å². The summed E-state index contributed by atoms with van der Waals surface area (Å²) in [6.45, 7) is 10.3. The zero-order valence-electron chi connectivity index (χ0n) is 12.1. The fourth-order valence-electron chi connectivity index (χ4n) is 1.69. The predicted octanol–water partition coefficient (Wildman–Crippen LogP) is 3.23. The van der Waals surface area contributed by atoms with Gasteiger partial charge in [-0.05, 0) is 44.5 Å². The summed E-state index contributed by atoms with van der Waals surface area (Å²) in [7, 11) is 1.68. The van der Waals surface area contributed by atoms with Gasteiger partial charge in [-0.15, -0.1) is 0 Å². The van der Waals surface area contributed by atoms with Crippen LogP contribution in [0.2, 0.25) is 0 Å². The van der Waals surface area contributed by atoms with Crippen LogP contribution in [0.25, 0.3) is 0 Å². The van der Waals surface area contributed by atoms with E-state index >= 15 is 0 Å². The molecule has 0 aliphatic heterocycles. The summed E-state index contributed by atoms with van der Waals surface area (Å²) in [6.07, 6.45) is 0.183. The van der Waals surface area contributed by atoms with Crippen molar-refractivity contribution in [3.05, 3.63) is 23.8 Å². The highest BCUT2D eigenvalue weighted by molar-refractivity contribution is 5.40. The first kappa shape index (κ1) is 14.8. The van der Waals surface area contributed by atoms with Crippen molar-refractivity contribution in [1.29, 1.82) is 0 Å². The van der Waals surface area contributed by atoms with E-state index < -0.39 is 0 Å². The molecule has 1 aromatic rings. The Morgan fingerprint density at radius 3 is 2.44 bits per heavy atom. The van der Waals surface area contributed by atoms with E-state index in [1.165, 1.54) is 0 Å². The summed E-state index contributed by atoms with van der Waals surface area (Å²) >= 11 is 0. The molecule has 0 fully saturated rings. The zero-order chi connectivity index (χ0) is 13.5. The predicted molar refractivity (Wildman–Crippen MR) is 75.3 cm³/mol. The first-order valence-corrected chi connectivity index (χ1v) is 6.57. The lowest BCUT2D eigenvalue weighted by Gasteiger charge is -2.16. The van der Waals surface area contributed by atoms with Gasteiger partial charge in [0.25, 0.3) is 0 Å². The van der Waals surface area contributed by atoms with Crippen molar-refractivity contribution < 1.29 is 9.47 Å². The Bertz CT molecular complexity index is 362. The molecule has 3 heteroatoms. The molecule has 0 bridgehead atoms. The van der Waals surface area contributed by atoms with Gasteiger partial charge in [0.2, 0.25) is 0 Å². The highest BCUT2D eigenvalue weighted by Crippen LogP contribution is 2.25. The number of nitrogens with one attached hydrogen (secondary N) is 1. The number of hydrogen-bond donors (Lipinski definition) is 1. The SMILES string of the molecule is COc1ccc(OC(C)C)c(CNCC(C)C)c1. The normalized spacial score (nSPS) is 11.1. The van der Waals surface area contributed by atoms with Gasteiger partial charge in [-0.3, -0.25) is 0 Å². The van der Waals surface area contributed by atoms with Crippen LogP contribution in [0.15, 0.2) is 18.2 Å². The highest BCUT2D eigenvalue weighted by Gasteiger charge is 2.07. The second-order valence-electron chi connectivity index (χ2n) is 5.17. The minimum absolute atomic E-state index is 0.183. The second-order valence-corrected chi connectivity index (χ2v) is 5.17. The van der Waals surface area contributed by atoms with E-state index in [4.69, 9.17) is 9.47 Å². The molecule has 0 amide bonds. The van der Waals surface area contributed by atoms with Crippen LogP contribution in [0.5, 0.6) is 11.5 Å². The van der Waals surface area contributed by atoms with E-state index in [2.05, 4.69) is 19.2 Å². The Kier molecular flexibility index (Phi) is 5.99. The van der Waals surface area contributed by atoms with E-state index in [1.807, 2.05) is 32.0 Å². The molecule has 0 heterocycles. The summed E-state index contributed by atoms with van der Waals surface area (Å²) in [4.78, 5) is 0. The number of benzene rings is 1. The third-order valence-electron chi connectivity index (χ3n) is 2.50. The Labute approximate surface area is 110 Å². The van der Waals surface area contributed by atoms with Gasteiger partial charge in [-0.25, -0.2) is 0 Å². The summed E-state index contributed by atoms with van der Waals surface area (Å²) < 4.78 is 11.1. The molecule has 18 heavy (non-hydrogen) atoms. The molecule has 0 radical (unpaired) electrons. The van der Waals surface area contributed by atoms with E-state index in [0.29, 0.717) is 5.92 Å². The molecule has 102 valence electrons. The Morgan fingerprint density at radius 2 is 1.89 bits per heavy atom. The highest BCUT2D eigenvalue weighted by atomic mass is 16.5. The number of rotatable bonds is 7. The Balaban J connectivity index is 2.76. The van der Waals surface area contributed by atoms with Gasteiger partial charge in [-0.1, -0.05) is 13.8 Å². The molecular weight excluding hydrogens is 226 g/mol. The summed E-state index contributed by atoms with van der Waals surface area (Å²) in [5, 5.41) is 3.43. The van der Waals surface area contributed by atoms with Crippen LogP contribution >= 0.6 is 0 Å². The van der Waals surface area contributed by atoms with Crippen molar-refractivity contribution >= 4 is 0 Å². The number of methoxy groups -OCH3 is 1. The molecule has 0 aromatic heterocycles. The molecule has 0 saturated heterocycles. The lowest BCUT2D eigenvalue weighted by Crippen LogP contribution is -2.20. The number of hydrogen-bond acceptors (Lipinski definition) is 3. The standard InChI is InChI=1S/C15H25NO2/c1-11(2)9-16-10-13-8-14(17-5)6-7-15(13)18-12(3)4/h6-8,11-12,16H,9-10H2,1-5H3. The maximum atomic E-state index is 5.81. The Morgan fingerprint density at radius 1 is 1.17 bits per heavy atom. The summed E-state index contributed by atoms with van der Waals surface area (Å²) in [5.41, 5.74) is 1.14. The molecule has 0 saturated carbocycles.